The third-order valence-corrected chi connectivity index (χ3v) is 5.66. The summed E-state index contributed by atoms with van der Waals surface area (Å²) in [7, 11) is -2.31. The Bertz CT molecular complexity index is 226. The minimum absolute atomic E-state index is 0.140. The minimum Gasteiger partial charge on any atom is -0.466 e. The van der Waals surface area contributed by atoms with Gasteiger partial charge in [0.2, 0.25) is 0 Å². The van der Waals surface area contributed by atoms with Crippen LogP contribution in [-0.2, 0) is 14.1 Å². The third kappa shape index (κ3) is 7.05. The van der Waals surface area contributed by atoms with Crippen LogP contribution in [0.2, 0.25) is 0 Å². The minimum atomic E-state index is -2.31. The molecule has 96 valence electrons. The number of carbonyl (C=O) groups is 1. The van der Waals surface area contributed by atoms with Gasteiger partial charge >= 0.3 is 5.97 Å². The van der Waals surface area contributed by atoms with E-state index < -0.39 is 7.14 Å². The Morgan fingerprint density at radius 1 is 1.06 bits per heavy atom. The molecule has 0 spiro atoms. The number of ether oxygens (including phenoxy) is 1. The van der Waals surface area contributed by atoms with Gasteiger partial charge < -0.3 is 9.30 Å². The van der Waals surface area contributed by atoms with Crippen LogP contribution in [0, 0.1) is 0 Å². The van der Waals surface area contributed by atoms with Crippen LogP contribution in [0.15, 0.2) is 0 Å². The molecular weight excluding hydrogens is 223 g/mol. The summed E-state index contributed by atoms with van der Waals surface area (Å²) in [6.45, 7) is 6.31. The zero-order valence-corrected chi connectivity index (χ0v) is 11.7. The van der Waals surface area contributed by atoms with Gasteiger partial charge in [-0.25, -0.2) is 0 Å². The molecular formula is C12H25O3P. The second-order valence-corrected chi connectivity index (χ2v) is 7.50. The zero-order valence-electron chi connectivity index (χ0n) is 10.8. The van der Waals surface area contributed by atoms with E-state index in [0.29, 0.717) is 18.9 Å². The van der Waals surface area contributed by atoms with Crippen LogP contribution in [0.3, 0.4) is 0 Å². The van der Waals surface area contributed by atoms with Gasteiger partial charge in [0.25, 0.3) is 0 Å². The smallest absolute Gasteiger partial charge is 0.313 e. The van der Waals surface area contributed by atoms with E-state index in [-0.39, 0.29) is 12.1 Å². The quantitative estimate of drug-likeness (QED) is 0.463. The highest BCUT2D eigenvalue weighted by molar-refractivity contribution is 7.64. The summed E-state index contributed by atoms with van der Waals surface area (Å²) in [5.74, 6) is -0.293. The van der Waals surface area contributed by atoms with Crippen LogP contribution in [0.5, 0.6) is 0 Å². The molecule has 0 unspecified atom stereocenters. The van der Waals surface area contributed by atoms with Crippen LogP contribution < -0.4 is 0 Å². The maximum atomic E-state index is 12.5. The van der Waals surface area contributed by atoms with E-state index in [1.807, 2.05) is 0 Å². The van der Waals surface area contributed by atoms with Crippen molar-refractivity contribution in [2.75, 3.05) is 25.1 Å². The molecule has 3 nitrogen and oxygen atoms in total. The Labute approximate surface area is 99.3 Å². The summed E-state index contributed by atoms with van der Waals surface area (Å²) in [5.41, 5.74) is 0. The Hall–Kier alpha value is -0.300. The van der Waals surface area contributed by atoms with Crippen molar-refractivity contribution in [1.29, 1.82) is 0 Å². The zero-order chi connectivity index (χ0) is 12.4. The van der Waals surface area contributed by atoms with Gasteiger partial charge in [-0.2, -0.15) is 0 Å². The SMILES string of the molecule is CCCCP(=O)(CCCC)CC(=O)OCC. The van der Waals surface area contributed by atoms with Crippen molar-refractivity contribution in [3.63, 3.8) is 0 Å². The average molecular weight is 248 g/mol. The van der Waals surface area contributed by atoms with Gasteiger partial charge in [-0.05, 0) is 19.8 Å². The summed E-state index contributed by atoms with van der Waals surface area (Å²) < 4.78 is 17.4. The van der Waals surface area contributed by atoms with Crippen molar-refractivity contribution < 1.29 is 14.1 Å². The van der Waals surface area contributed by atoms with Gasteiger partial charge in [0.1, 0.15) is 0 Å². The van der Waals surface area contributed by atoms with Gasteiger partial charge in [0.15, 0.2) is 0 Å². The second kappa shape index (κ2) is 8.81. The van der Waals surface area contributed by atoms with Crippen LogP contribution in [0.4, 0.5) is 0 Å². The predicted octanol–water partition coefficient (Wildman–Crippen LogP) is 3.51. The van der Waals surface area contributed by atoms with Crippen molar-refractivity contribution in [2.45, 2.75) is 46.5 Å². The number of carbonyl (C=O) groups excluding carboxylic acids is 1. The summed E-state index contributed by atoms with van der Waals surface area (Å²) >= 11 is 0. The van der Waals surface area contributed by atoms with Crippen molar-refractivity contribution in [3.8, 4) is 0 Å². The first kappa shape index (κ1) is 15.7. The summed E-state index contributed by atoms with van der Waals surface area (Å²) in [4.78, 5) is 11.4. The number of hydrogen-bond acceptors (Lipinski definition) is 3. The third-order valence-electron chi connectivity index (χ3n) is 2.56. The van der Waals surface area contributed by atoms with Crippen molar-refractivity contribution in [3.05, 3.63) is 0 Å². The molecule has 0 fully saturated rings. The largest absolute Gasteiger partial charge is 0.466 e. The van der Waals surface area contributed by atoms with E-state index in [1.54, 1.807) is 6.92 Å². The molecule has 0 aromatic rings. The van der Waals surface area contributed by atoms with Crippen LogP contribution in [0.1, 0.15) is 46.5 Å². The molecule has 0 aromatic heterocycles. The fourth-order valence-corrected chi connectivity index (χ4v) is 4.49. The van der Waals surface area contributed by atoms with E-state index in [2.05, 4.69) is 13.8 Å². The first-order chi connectivity index (χ1) is 7.58. The average Bonchev–Trinajstić information content (AvgIpc) is 2.24. The molecule has 0 bridgehead atoms. The molecule has 0 aromatic carbocycles. The van der Waals surface area contributed by atoms with Crippen LogP contribution in [0.25, 0.3) is 0 Å². The molecule has 0 saturated heterocycles. The van der Waals surface area contributed by atoms with Crippen LogP contribution >= 0.6 is 7.14 Å². The molecule has 16 heavy (non-hydrogen) atoms. The molecule has 0 N–H and O–H groups in total. The van der Waals surface area contributed by atoms with Gasteiger partial charge in [-0.15, -0.1) is 0 Å². The van der Waals surface area contributed by atoms with E-state index in [9.17, 15) is 9.36 Å². The number of rotatable bonds is 9. The normalized spacial score (nSPS) is 11.4. The highest BCUT2D eigenvalue weighted by Crippen LogP contribution is 2.47. The van der Waals surface area contributed by atoms with Gasteiger partial charge in [0, 0.05) is 12.3 Å². The fourth-order valence-electron chi connectivity index (χ4n) is 1.60. The number of hydrogen-bond donors (Lipinski definition) is 0. The summed E-state index contributed by atoms with van der Waals surface area (Å²) in [6.07, 6.45) is 5.48. The van der Waals surface area contributed by atoms with E-state index >= 15 is 0 Å². The molecule has 0 amide bonds. The fraction of sp³-hybridized carbons (Fsp3) is 0.917. The van der Waals surface area contributed by atoms with Crippen molar-refractivity contribution in [1.82, 2.24) is 0 Å². The lowest BCUT2D eigenvalue weighted by Gasteiger charge is -2.16. The Morgan fingerprint density at radius 2 is 1.56 bits per heavy atom. The maximum absolute atomic E-state index is 12.5. The second-order valence-electron chi connectivity index (χ2n) is 4.18. The molecule has 0 radical (unpaired) electrons. The first-order valence-electron chi connectivity index (χ1n) is 6.30. The van der Waals surface area contributed by atoms with Crippen LogP contribution in [-0.4, -0.2) is 31.1 Å². The maximum Gasteiger partial charge on any atom is 0.313 e. The van der Waals surface area contributed by atoms with Gasteiger partial charge in [-0.3, -0.25) is 4.79 Å². The van der Waals surface area contributed by atoms with Gasteiger partial charge in [0.05, 0.1) is 19.9 Å². The molecule has 0 atom stereocenters. The lowest BCUT2D eigenvalue weighted by molar-refractivity contribution is -0.140. The monoisotopic (exact) mass is 248 g/mol. The number of esters is 1. The molecule has 4 heteroatoms. The Balaban J connectivity index is 4.28. The van der Waals surface area contributed by atoms with Crippen molar-refractivity contribution in [2.24, 2.45) is 0 Å². The van der Waals surface area contributed by atoms with E-state index in [4.69, 9.17) is 4.74 Å². The Kier molecular flexibility index (Phi) is 8.64. The van der Waals surface area contributed by atoms with E-state index in [0.717, 1.165) is 25.7 Å². The molecule has 0 aliphatic rings. The first-order valence-corrected chi connectivity index (χ1v) is 8.57. The van der Waals surface area contributed by atoms with Crippen molar-refractivity contribution >= 4 is 13.1 Å². The van der Waals surface area contributed by atoms with E-state index in [1.165, 1.54) is 0 Å². The summed E-state index contributed by atoms with van der Waals surface area (Å²) in [6, 6.07) is 0. The number of unbranched alkanes of at least 4 members (excludes halogenated alkanes) is 2. The lowest BCUT2D eigenvalue weighted by Crippen LogP contribution is -2.13. The highest BCUT2D eigenvalue weighted by Gasteiger charge is 2.25. The lowest BCUT2D eigenvalue weighted by atomic mass is 10.4. The summed E-state index contributed by atoms with van der Waals surface area (Å²) in [5, 5.41) is 0. The standard InChI is InChI=1S/C12H25O3P/c1-4-7-9-16(14,10-8-5-2)11-12(13)15-6-3/h4-11H2,1-3H3. The highest BCUT2D eigenvalue weighted by atomic mass is 31.2. The molecule has 0 saturated carbocycles. The predicted molar refractivity (Wildman–Crippen MR) is 68.7 cm³/mol. The Morgan fingerprint density at radius 3 is 1.94 bits per heavy atom. The molecule has 0 rings (SSSR count). The molecule has 0 heterocycles. The topological polar surface area (TPSA) is 43.4 Å². The molecule has 0 aliphatic heterocycles. The molecule has 0 aliphatic carbocycles. The van der Waals surface area contributed by atoms with Gasteiger partial charge in [-0.1, -0.05) is 26.7 Å².